The third-order valence-corrected chi connectivity index (χ3v) is 5.97. The highest BCUT2D eigenvalue weighted by molar-refractivity contribution is 6.02. The lowest BCUT2D eigenvalue weighted by Crippen LogP contribution is -2.40. The van der Waals surface area contributed by atoms with E-state index in [0.29, 0.717) is 13.0 Å². The molecular weight excluding hydrogens is 348 g/mol. The van der Waals surface area contributed by atoms with Crippen LogP contribution in [0.2, 0.25) is 0 Å². The van der Waals surface area contributed by atoms with Crippen LogP contribution >= 0.6 is 0 Å². The molecule has 28 heavy (non-hydrogen) atoms. The topological polar surface area (TPSA) is 40.6 Å². The minimum atomic E-state index is -0.182. The van der Waals surface area contributed by atoms with Crippen LogP contribution in [0.25, 0.3) is 0 Å². The molecule has 0 N–H and O–H groups in total. The van der Waals surface area contributed by atoms with Crippen LogP contribution < -0.4 is 4.90 Å². The molecule has 2 aromatic carbocycles. The molecule has 1 saturated carbocycles. The molecule has 3 unspecified atom stereocenters. The summed E-state index contributed by atoms with van der Waals surface area (Å²) in [6.45, 7) is 6.77. The molecule has 0 radical (unpaired) electrons. The number of para-hydroxylation sites is 1. The van der Waals surface area contributed by atoms with Crippen molar-refractivity contribution in [2.75, 3.05) is 4.90 Å². The molecule has 0 bridgehead atoms. The zero-order valence-corrected chi connectivity index (χ0v) is 16.8. The second-order valence-electron chi connectivity index (χ2n) is 8.38. The molecule has 1 heterocycles. The van der Waals surface area contributed by atoms with E-state index in [2.05, 4.69) is 13.0 Å². The molecule has 2 amide bonds. The minimum Gasteiger partial charge on any atom is -0.336 e. The summed E-state index contributed by atoms with van der Waals surface area (Å²) in [6.07, 6.45) is 1.56. The average Bonchev–Trinajstić information content (AvgIpc) is 3.42. The van der Waals surface area contributed by atoms with Crippen LogP contribution in [0, 0.1) is 11.8 Å². The first-order chi connectivity index (χ1) is 13.5. The predicted octanol–water partition coefficient (Wildman–Crippen LogP) is 4.04. The largest absolute Gasteiger partial charge is 0.336 e. The maximum Gasteiger partial charge on any atom is 0.231 e. The first kappa shape index (κ1) is 18.7. The lowest BCUT2D eigenvalue weighted by atomic mass is 10.1. The van der Waals surface area contributed by atoms with E-state index < -0.39 is 0 Å². The van der Waals surface area contributed by atoms with Gasteiger partial charge in [-0.2, -0.15) is 0 Å². The summed E-state index contributed by atoms with van der Waals surface area (Å²) in [7, 11) is 0. The molecule has 1 fully saturated rings. The van der Waals surface area contributed by atoms with Gasteiger partial charge in [-0.3, -0.25) is 9.59 Å². The van der Waals surface area contributed by atoms with Crippen molar-refractivity contribution in [2.24, 2.45) is 11.8 Å². The fraction of sp³-hybridized carbons (Fsp3) is 0.417. The van der Waals surface area contributed by atoms with Gasteiger partial charge >= 0.3 is 0 Å². The lowest BCUT2D eigenvalue weighted by Gasteiger charge is -2.28. The van der Waals surface area contributed by atoms with Crippen LogP contribution in [-0.4, -0.2) is 28.8 Å². The number of amides is 2. The standard InChI is InChI=1S/C24H28N2O2/c1-16(2)25(15-18-9-5-4-6-10-18)23(27)20-14-21(20)24(28)26-17(3)13-19-11-7-8-12-22(19)26/h4-12,16-17,20-21H,13-15H2,1-3H3. The molecule has 1 aliphatic carbocycles. The van der Waals surface area contributed by atoms with Crippen molar-refractivity contribution in [1.29, 1.82) is 0 Å². The molecule has 0 spiro atoms. The van der Waals surface area contributed by atoms with Gasteiger partial charge in [0.2, 0.25) is 11.8 Å². The Kier molecular flexibility index (Phi) is 4.96. The fourth-order valence-electron chi connectivity index (χ4n) is 4.33. The van der Waals surface area contributed by atoms with Crippen molar-refractivity contribution < 1.29 is 9.59 Å². The van der Waals surface area contributed by atoms with E-state index in [9.17, 15) is 9.59 Å². The Balaban J connectivity index is 1.46. The molecule has 4 heteroatoms. The van der Waals surface area contributed by atoms with E-state index >= 15 is 0 Å². The van der Waals surface area contributed by atoms with E-state index in [-0.39, 0.29) is 35.7 Å². The van der Waals surface area contributed by atoms with Crippen molar-refractivity contribution in [3.8, 4) is 0 Å². The summed E-state index contributed by atoms with van der Waals surface area (Å²) in [6, 6.07) is 18.4. The highest BCUT2D eigenvalue weighted by Gasteiger charge is 2.52. The smallest absolute Gasteiger partial charge is 0.231 e. The van der Waals surface area contributed by atoms with Gasteiger partial charge in [-0.25, -0.2) is 0 Å². The Morgan fingerprint density at radius 2 is 1.71 bits per heavy atom. The average molecular weight is 377 g/mol. The first-order valence-corrected chi connectivity index (χ1v) is 10.2. The molecule has 4 nitrogen and oxygen atoms in total. The van der Waals surface area contributed by atoms with Crippen LogP contribution in [0.3, 0.4) is 0 Å². The monoisotopic (exact) mass is 376 g/mol. The van der Waals surface area contributed by atoms with E-state index in [0.717, 1.165) is 17.7 Å². The van der Waals surface area contributed by atoms with E-state index in [1.165, 1.54) is 5.56 Å². The number of carbonyl (C=O) groups excluding carboxylic acids is 2. The zero-order chi connectivity index (χ0) is 19.8. The third kappa shape index (κ3) is 3.44. The van der Waals surface area contributed by atoms with Gasteiger partial charge in [-0.05, 0) is 50.8 Å². The summed E-state index contributed by atoms with van der Waals surface area (Å²) in [4.78, 5) is 30.2. The van der Waals surface area contributed by atoms with Gasteiger partial charge in [0.05, 0.1) is 11.8 Å². The second kappa shape index (κ2) is 7.42. The normalized spacial score (nSPS) is 22.9. The van der Waals surface area contributed by atoms with E-state index in [1.807, 2.05) is 72.2 Å². The number of carbonyl (C=O) groups is 2. The number of nitrogens with zero attached hydrogens (tertiary/aromatic N) is 2. The number of benzene rings is 2. The predicted molar refractivity (Wildman–Crippen MR) is 111 cm³/mol. The highest BCUT2D eigenvalue weighted by Crippen LogP contribution is 2.45. The minimum absolute atomic E-state index is 0.107. The number of rotatable bonds is 5. The van der Waals surface area contributed by atoms with Gasteiger partial charge in [0.1, 0.15) is 0 Å². The molecular formula is C24H28N2O2. The maximum absolute atomic E-state index is 13.2. The Bertz CT molecular complexity index is 877. The van der Waals surface area contributed by atoms with Gasteiger partial charge in [0.25, 0.3) is 0 Å². The number of fused-ring (bicyclic) bond motifs is 1. The van der Waals surface area contributed by atoms with E-state index in [4.69, 9.17) is 0 Å². The van der Waals surface area contributed by atoms with Crippen LogP contribution in [-0.2, 0) is 22.6 Å². The summed E-state index contributed by atoms with van der Waals surface area (Å²) in [5, 5.41) is 0. The van der Waals surface area contributed by atoms with Gasteiger partial charge in [0.15, 0.2) is 0 Å². The molecule has 1 aliphatic heterocycles. The number of hydrogen-bond donors (Lipinski definition) is 0. The van der Waals surface area contributed by atoms with Crippen molar-refractivity contribution in [2.45, 2.75) is 52.2 Å². The zero-order valence-electron chi connectivity index (χ0n) is 16.8. The number of hydrogen-bond acceptors (Lipinski definition) is 2. The summed E-state index contributed by atoms with van der Waals surface area (Å²) in [5.41, 5.74) is 3.36. The highest BCUT2D eigenvalue weighted by atomic mass is 16.2. The SMILES string of the molecule is CC(C)N(Cc1ccccc1)C(=O)C1CC1C(=O)N1c2ccccc2CC1C. The molecule has 146 valence electrons. The van der Waals surface area contributed by atoms with Crippen molar-refractivity contribution >= 4 is 17.5 Å². The maximum atomic E-state index is 13.2. The summed E-state index contributed by atoms with van der Waals surface area (Å²) < 4.78 is 0. The molecule has 2 aromatic rings. The molecule has 0 saturated heterocycles. The number of anilines is 1. The molecule has 3 atom stereocenters. The second-order valence-corrected chi connectivity index (χ2v) is 8.38. The van der Waals surface area contributed by atoms with Crippen LogP contribution in [0.5, 0.6) is 0 Å². The fourth-order valence-corrected chi connectivity index (χ4v) is 4.33. The Hall–Kier alpha value is -2.62. The summed E-state index contributed by atoms with van der Waals surface area (Å²) in [5.74, 6) is -0.145. The van der Waals surface area contributed by atoms with Crippen LogP contribution in [0.15, 0.2) is 54.6 Å². The van der Waals surface area contributed by atoms with Crippen molar-refractivity contribution in [3.63, 3.8) is 0 Å². The first-order valence-electron chi connectivity index (χ1n) is 10.2. The lowest BCUT2D eigenvalue weighted by molar-refractivity contribution is -0.136. The quantitative estimate of drug-likeness (QED) is 0.790. The van der Waals surface area contributed by atoms with Gasteiger partial charge in [0, 0.05) is 24.3 Å². The van der Waals surface area contributed by atoms with E-state index in [1.54, 1.807) is 0 Å². The van der Waals surface area contributed by atoms with Gasteiger partial charge in [-0.15, -0.1) is 0 Å². The van der Waals surface area contributed by atoms with Gasteiger partial charge < -0.3 is 9.80 Å². The Morgan fingerprint density at radius 1 is 1.04 bits per heavy atom. The van der Waals surface area contributed by atoms with Gasteiger partial charge in [-0.1, -0.05) is 48.5 Å². The van der Waals surface area contributed by atoms with Crippen molar-refractivity contribution in [1.82, 2.24) is 4.90 Å². The van der Waals surface area contributed by atoms with Crippen LogP contribution in [0.1, 0.15) is 38.3 Å². The van der Waals surface area contributed by atoms with Crippen LogP contribution in [0.4, 0.5) is 5.69 Å². The molecule has 0 aromatic heterocycles. The third-order valence-electron chi connectivity index (χ3n) is 5.97. The van der Waals surface area contributed by atoms with Crippen molar-refractivity contribution in [3.05, 3.63) is 65.7 Å². The molecule has 4 rings (SSSR count). The Morgan fingerprint density at radius 3 is 2.43 bits per heavy atom. The Labute approximate surface area is 167 Å². The molecule has 2 aliphatic rings. The summed E-state index contributed by atoms with van der Waals surface area (Å²) >= 11 is 0.